The molecule has 0 saturated carbocycles. The third-order valence-electron chi connectivity index (χ3n) is 4.57. The monoisotopic (exact) mass is 364 g/mol. The van der Waals surface area contributed by atoms with Crippen LogP contribution in [0.2, 0.25) is 0 Å². The van der Waals surface area contributed by atoms with Gasteiger partial charge in [-0.15, -0.1) is 0 Å². The Balaban J connectivity index is 1.72. The van der Waals surface area contributed by atoms with Gasteiger partial charge >= 0.3 is 6.18 Å². The Morgan fingerprint density at radius 3 is 2.50 bits per heavy atom. The summed E-state index contributed by atoms with van der Waals surface area (Å²) in [6.07, 6.45) is -2.62. The minimum absolute atomic E-state index is 0.405. The second-order valence-electron chi connectivity index (χ2n) is 6.43. The number of hydrogen-bond acceptors (Lipinski definition) is 3. The van der Waals surface area contributed by atoms with Crippen LogP contribution in [0.15, 0.2) is 42.5 Å². The first-order chi connectivity index (χ1) is 12.4. The van der Waals surface area contributed by atoms with E-state index in [1.165, 1.54) is 12.1 Å². The van der Waals surface area contributed by atoms with Crippen molar-refractivity contribution in [3.8, 4) is 0 Å². The molecule has 0 spiro atoms. The molecule has 0 radical (unpaired) electrons. The van der Waals surface area contributed by atoms with Gasteiger partial charge in [0.1, 0.15) is 0 Å². The third-order valence-corrected chi connectivity index (χ3v) is 4.57. The van der Waals surface area contributed by atoms with Gasteiger partial charge in [-0.05, 0) is 60.3 Å². The van der Waals surface area contributed by atoms with Gasteiger partial charge in [-0.1, -0.05) is 18.2 Å². The first-order valence-electron chi connectivity index (χ1n) is 8.31. The SMILES string of the molecule is O=C(NO)c1ccc2c(c1)CCCN(Cc1ccc(C(F)(F)F)cc1)C2. The molecule has 2 aromatic rings. The van der Waals surface area contributed by atoms with Crippen molar-refractivity contribution in [3.05, 3.63) is 70.3 Å². The highest BCUT2D eigenvalue weighted by molar-refractivity contribution is 5.93. The molecule has 26 heavy (non-hydrogen) atoms. The number of nitrogens with one attached hydrogen (secondary N) is 1. The van der Waals surface area contributed by atoms with Gasteiger partial charge in [0.2, 0.25) is 0 Å². The zero-order chi connectivity index (χ0) is 18.7. The van der Waals surface area contributed by atoms with Gasteiger partial charge < -0.3 is 0 Å². The molecule has 0 fully saturated rings. The molecule has 0 saturated heterocycles. The topological polar surface area (TPSA) is 52.6 Å². The molecule has 1 heterocycles. The number of rotatable bonds is 3. The molecule has 0 aliphatic carbocycles. The molecule has 1 aliphatic rings. The van der Waals surface area contributed by atoms with Crippen LogP contribution in [0.25, 0.3) is 0 Å². The average molecular weight is 364 g/mol. The lowest BCUT2D eigenvalue weighted by Gasteiger charge is -2.21. The highest BCUT2D eigenvalue weighted by atomic mass is 19.4. The molecule has 4 nitrogen and oxygen atoms in total. The van der Waals surface area contributed by atoms with Crippen molar-refractivity contribution in [3.63, 3.8) is 0 Å². The number of carbonyl (C=O) groups is 1. The van der Waals surface area contributed by atoms with Crippen molar-refractivity contribution in [2.75, 3.05) is 6.54 Å². The molecule has 3 rings (SSSR count). The van der Waals surface area contributed by atoms with Crippen LogP contribution in [0.1, 0.15) is 39.0 Å². The number of carbonyl (C=O) groups excluding carboxylic acids is 1. The van der Waals surface area contributed by atoms with Crippen LogP contribution < -0.4 is 5.48 Å². The Morgan fingerprint density at radius 1 is 1.12 bits per heavy atom. The predicted molar refractivity (Wildman–Crippen MR) is 89.6 cm³/mol. The predicted octanol–water partition coefficient (Wildman–Crippen LogP) is 3.77. The average Bonchev–Trinajstić information content (AvgIpc) is 2.81. The number of hydrogen-bond donors (Lipinski definition) is 2. The van der Waals surface area contributed by atoms with Crippen LogP contribution >= 0.6 is 0 Å². The van der Waals surface area contributed by atoms with Crippen LogP contribution in [0.3, 0.4) is 0 Å². The van der Waals surface area contributed by atoms with Gasteiger partial charge in [0.05, 0.1) is 5.56 Å². The fourth-order valence-corrected chi connectivity index (χ4v) is 3.22. The van der Waals surface area contributed by atoms with Crippen LogP contribution in [0, 0.1) is 0 Å². The molecule has 1 amide bonds. The molecular formula is C19H19F3N2O2. The van der Waals surface area contributed by atoms with Gasteiger partial charge in [-0.25, -0.2) is 5.48 Å². The molecule has 0 atom stereocenters. The Morgan fingerprint density at radius 2 is 1.85 bits per heavy atom. The van der Waals surface area contributed by atoms with Crippen LogP contribution in [-0.4, -0.2) is 22.6 Å². The number of amides is 1. The summed E-state index contributed by atoms with van der Waals surface area (Å²) in [6.45, 7) is 2.05. The molecule has 0 aromatic heterocycles. The summed E-state index contributed by atoms with van der Waals surface area (Å²) in [5, 5.41) is 8.75. The molecule has 138 valence electrons. The number of aryl methyl sites for hydroxylation is 1. The minimum atomic E-state index is -4.32. The van der Waals surface area contributed by atoms with Crippen molar-refractivity contribution in [1.82, 2.24) is 10.4 Å². The maximum absolute atomic E-state index is 12.7. The lowest BCUT2D eigenvalue weighted by Crippen LogP contribution is -2.23. The van der Waals surface area contributed by atoms with Gasteiger partial charge in [-0.3, -0.25) is 14.9 Å². The number of fused-ring (bicyclic) bond motifs is 1. The highest BCUT2D eigenvalue weighted by Gasteiger charge is 2.30. The first-order valence-corrected chi connectivity index (χ1v) is 8.31. The largest absolute Gasteiger partial charge is 0.416 e. The summed E-state index contributed by atoms with van der Waals surface area (Å²) in [5.41, 5.74) is 4.37. The van der Waals surface area contributed by atoms with E-state index in [0.717, 1.165) is 48.2 Å². The fourth-order valence-electron chi connectivity index (χ4n) is 3.22. The van der Waals surface area contributed by atoms with E-state index in [1.54, 1.807) is 17.6 Å². The Hall–Kier alpha value is -2.38. The van der Waals surface area contributed by atoms with E-state index in [0.29, 0.717) is 18.7 Å². The van der Waals surface area contributed by atoms with E-state index in [4.69, 9.17) is 5.21 Å². The quantitative estimate of drug-likeness (QED) is 0.644. The van der Waals surface area contributed by atoms with E-state index in [2.05, 4.69) is 4.90 Å². The van der Waals surface area contributed by atoms with Crippen molar-refractivity contribution in [2.24, 2.45) is 0 Å². The van der Waals surface area contributed by atoms with Crippen LogP contribution in [-0.2, 0) is 25.7 Å². The van der Waals surface area contributed by atoms with E-state index >= 15 is 0 Å². The number of hydroxylamine groups is 1. The van der Waals surface area contributed by atoms with Crippen molar-refractivity contribution >= 4 is 5.91 Å². The van der Waals surface area contributed by atoms with Crippen LogP contribution in [0.5, 0.6) is 0 Å². The Bertz CT molecular complexity index is 788. The van der Waals surface area contributed by atoms with Gasteiger partial charge in [-0.2, -0.15) is 13.2 Å². The number of benzene rings is 2. The molecule has 1 aliphatic heterocycles. The Labute approximate surface area is 149 Å². The second-order valence-corrected chi connectivity index (χ2v) is 6.43. The Kier molecular flexibility index (Phi) is 5.29. The summed E-state index contributed by atoms with van der Waals surface area (Å²) in [6, 6.07) is 10.6. The maximum atomic E-state index is 12.7. The summed E-state index contributed by atoms with van der Waals surface area (Å²) in [7, 11) is 0. The molecule has 2 N–H and O–H groups in total. The summed E-state index contributed by atoms with van der Waals surface area (Å²) in [5.74, 6) is -0.543. The van der Waals surface area contributed by atoms with E-state index in [1.807, 2.05) is 6.07 Å². The normalized spacial score (nSPS) is 15.2. The zero-order valence-corrected chi connectivity index (χ0v) is 14.0. The highest BCUT2D eigenvalue weighted by Crippen LogP contribution is 2.29. The zero-order valence-electron chi connectivity index (χ0n) is 14.0. The number of halogens is 3. The maximum Gasteiger partial charge on any atom is 0.416 e. The van der Waals surface area contributed by atoms with Crippen LogP contribution in [0.4, 0.5) is 13.2 Å². The van der Waals surface area contributed by atoms with Gasteiger partial charge in [0.15, 0.2) is 0 Å². The third kappa shape index (κ3) is 4.23. The first kappa shape index (κ1) is 18.4. The lowest BCUT2D eigenvalue weighted by molar-refractivity contribution is -0.137. The summed E-state index contributed by atoms with van der Waals surface area (Å²) in [4.78, 5) is 13.7. The number of alkyl halides is 3. The van der Waals surface area contributed by atoms with Gasteiger partial charge in [0.25, 0.3) is 5.91 Å². The van der Waals surface area contributed by atoms with E-state index < -0.39 is 17.6 Å². The summed E-state index contributed by atoms with van der Waals surface area (Å²) >= 11 is 0. The van der Waals surface area contributed by atoms with Crippen molar-refractivity contribution < 1.29 is 23.2 Å². The molecule has 0 bridgehead atoms. The summed E-state index contributed by atoms with van der Waals surface area (Å²) < 4.78 is 38.0. The fraction of sp³-hybridized carbons (Fsp3) is 0.316. The second kappa shape index (κ2) is 7.47. The molecule has 7 heteroatoms. The van der Waals surface area contributed by atoms with E-state index in [9.17, 15) is 18.0 Å². The lowest BCUT2D eigenvalue weighted by atomic mass is 10.0. The van der Waals surface area contributed by atoms with E-state index in [-0.39, 0.29) is 0 Å². The smallest absolute Gasteiger partial charge is 0.295 e. The standard InChI is InChI=1S/C19H19F3N2O2/c20-19(21,22)17-7-3-13(4-8-17)11-24-9-1-2-14-10-15(18(25)23-26)5-6-16(14)12-24/h3-8,10,26H,1-2,9,11-12H2,(H,23,25). The molecular weight excluding hydrogens is 345 g/mol. The number of nitrogens with zero attached hydrogens (tertiary/aromatic N) is 1. The molecule has 0 unspecified atom stereocenters. The van der Waals surface area contributed by atoms with Crippen molar-refractivity contribution in [2.45, 2.75) is 32.1 Å². The van der Waals surface area contributed by atoms with Gasteiger partial charge in [0, 0.05) is 18.7 Å². The minimum Gasteiger partial charge on any atom is -0.295 e. The molecule has 2 aromatic carbocycles. The van der Waals surface area contributed by atoms with Crippen molar-refractivity contribution in [1.29, 1.82) is 0 Å².